The van der Waals surface area contributed by atoms with Crippen molar-refractivity contribution in [3.63, 3.8) is 0 Å². The maximum absolute atomic E-state index is 12.0. The van der Waals surface area contributed by atoms with Gasteiger partial charge >= 0.3 is 0 Å². The van der Waals surface area contributed by atoms with Crippen molar-refractivity contribution < 1.29 is 4.79 Å². The lowest BCUT2D eigenvalue weighted by molar-refractivity contribution is -0.128. The third-order valence-electron chi connectivity index (χ3n) is 2.94. The molecule has 1 aliphatic rings. The predicted molar refractivity (Wildman–Crippen MR) is 70.0 cm³/mol. The van der Waals surface area contributed by atoms with Gasteiger partial charge in [0.15, 0.2) is 0 Å². The quantitative estimate of drug-likeness (QED) is 0.773. The van der Waals surface area contributed by atoms with Crippen LogP contribution in [0.15, 0.2) is 29.4 Å². The van der Waals surface area contributed by atoms with Crippen LogP contribution in [0.25, 0.3) is 0 Å². The second kappa shape index (κ2) is 6.64. The first-order valence-electron chi connectivity index (χ1n) is 6.18. The Morgan fingerprint density at radius 1 is 1.24 bits per heavy atom. The fourth-order valence-corrected chi connectivity index (χ4v) is 2.74. The van der Waals surface area contributed by atoms with Gasteiger partial charge in [-0.2, -0.15) is 0 Å². The number of hydrogen-bond donors (Lipinski definition) is 0. The zero-order valence-corrected chi connectivity index (χ0v) is 10.8. The molecule has 0 unspecified atom stereocenters. The monoisotopic (exact) mass is 250 g/mol. The van der Waals surface area contributed by atoms with E-state index in [1.807, 2.05) is 23.1 Å². The predicted octanol–water partition coefficient (Wildman–Crippen LogP) is 2.58. The molecule has 1 fully saturated rings. The van der Waals surface area contributed by atoms with E-state index in [-0.39, 0.29) is 5.91 Å². The van der Waals surface area contributed by atoms with Crippen molar-refractivity contribution in [2.75, 3.05) is 18.8 Å². The van der Waals surface area contributed by atoms with Crippen molar-refractivity contribution in [2.45, 2.75) is 30.7 Å². The molecular weight excluding hydrogens is 232 g/mol. The number of hydrogen-bond acceptors (Lipinski definition) is 3. The average molecular weight is 250 g/mol. The molecule has 0 atom stereocenters. The molecule has 1 aliphatic heterocycles. The van der Waals surface area contributed by atoms with Crippen molar-refractivity contribution >= 4 is 17.7 Å². The Morgan fingerprint density at radius 3 is 2.65 bits per heavy atom. The van der Waals surface area contributed by atoms with Crippen LogP contribution >= 0.6 is 11.8 Å². The van der Waals surface area contributed by atoms with E-state index in [2.05, 4.69) is 4.98 Å². The summed E-state index contributed by atoms with van der Waals surface area (Å²) in [5.41, 5.74) is 0. The van der Waals surface area contributed by atoms with E-state index in [9.17, 15) is 4.79 Å². The van der Waals surface area contributed by atoms with Gasteiger partial charge in [0, 0.05) is 19.3 Å². The molecule has 0 N–H and O–H groups in total. The molecule has 2 rings (SSSR count). The summed E-state index contributed by atoms with van der Waals surface area (Å²) in [5, 5.41) is 0.927. The molecule has 1 aromatic rings. The number of amides is 1. The maximum Gasteiger partial charge on any atom is 0.232 e. The molecule has 0 radical (unpaired) electrons. The van der Waals surface area contributed by atoms with Crippen LogP contribution in [0.5, 0.6) is 0 Å². The molecule has 0 bridgehead atoms. The lowest BCUT2D eigenvalue weighted by Gasteiger charge is -2.19. The van der Waals surface area contributed by atoms with E-state index < -0.39 is 0 Å². The highest BCUT2D eigenvalue weighted by Crippen LogP contribution is 2.16. The fraction of sp³-hybridized carbons (Fsp3) is 0.538. The zero-order valence-electron chi connectivity index (χ0n) is 9.97. The van der Waals surface area contributed by atoms with Gasteiger partial charge in [0.2, 0.25) is 5.91 Å². The number of aromatic nitrogens is 1. The van der Waals surface area contributed by atoms with Crippen molar-refractivity contribution in [1.82, 2.24) is 9.88 Å². The number of thioether (sulfide) groups is 1. The molecule has 17 heavy (non-hydrogen) atoms. The van der Waals surface area contributed by atoms with E-state index >= 15 is 0 Å². The Hall–Kier alpha value is -1.03. The van der Waals surface area contributed by atoms with E-state index in [1.165, 1.54) is 24.6 Å². The minimum atomic E-state index is 0.252. The van der Waals surface area contributed by atoms with E-state index in [0.717, 1.165) is 31.0 Å². The smallest absolute Gasteiger partial charge is 0.232 e. The lowest BCUT2D eigenvalue weighted by atomic mass is 10.2. The molecule has 4 heteroatoms. The summed E-state index contributed by atoms with van der Waals surface area (Å²) in [5.74, 6) is 0.763. The highest BCUT2D eigenvalue weighted by atomic mass is 32.2. The fourth-order valence-electron chi connectivity index (χ4n) is 1.98. The molecule has 0 saturated carbocycles. The summed E-state index contributed by atoms with van der Waals surface area (Å²) < 4.78 is 0. The van der Waals surface area contributed by atoms with E-state index in [1.54, 1.807) is 6.20 Å². The van der Waals surface area contributed by atoms with Crippen LogP contribution in [0, 0.1) is 0 Å². The topological polar surface area (TPSA) is 33.2 Å². The number of carbonyl (C=O) groups is 1. The minimum absolute atomic E-state index is 0.252. The van der Waals surface area contributed by atoms with Gasteiger partial charge in [-0.3, -0.25) is 4.79 Å². The van der Waals surface area contributed by atoms with Crippen molar-refractivity contribution in [2.24, 2.45) is 0 Å². The molecular formula is C13H18N2OS. The van der Waals surface area contributed by atoms with Crippen LogP contribution in [0.1, 0.15) is 25.7 Å². The van der Waals surface area contributed by atoms with Crippen molar-refractivity contribution in [3.8, 4) is 0 Å². The highest BCUT2D eigenvalue weighted by Gasteiger charge is 2.15. The van der Waals surface area contributed by atoms with Crippen LogP contribution in [0.2, 0.25) is 0 Å². The first-order valence-corrected chi connectivity index (χ1v) is 7.16. The third kappa shape index (κ3) is 4.04. The third-order valence-corrected chi connectivity index (χ3v) is 3.87. The second-order valence-corrected chi connectivity index (χ2v) is 5.25. The molecule has 1 aromatic heterocycles. The Balaban J connectivity index is 1.80. The maximum atomic E-state index is 12.0. The van der Waals surface area contributed by atoms with Crippen LogP contribution < -0.4 is 0 Å². The summed E-state index contributed by atoms with van der Waals surface area (Å²) in [7, 11) is 0. The number of rotatable bonds is 3. The molecule has 0 aromatic carbocycles. The van der Waals surface area contributed by atoms with Crippen molar-refractivity contribution in [1.29, 1.82) is 0 Å². The van der Waals surface area contributed by atoms with Gasteiger partial charge in [-0.25, -0.2) is 4.98 Å². The van der Waals surface area contributed by atoms with Gasteiger partial charge in [0.25, 0.3) is 0 Å². The van der Waals surface area contributed by atoms with Crippen LogP contribution in [-0.2, 0) is 4.79 Å². The van der Waals surface area contributed by atoms with Crippen LogP contribution in [-0.4, -0.2) is 34.6 Å². The number of carbonyl (C=O) groups excluding carboxylic acids is 1. The average Bonchev–Trinajstić information content (AvgIpc) is 2.66. The summed E-state index contributed by atoms with van der Waals surface area (Å²) in [6.45, 7) is 1.86. The van der Waals surface area contributed by atoms with Gasteiger partial charge in [0.1, 0.15) is 0 Å². The lowest BCUT2D eigenvalue weighted by Crippen LogP contribution is -2.33. The Morgan fingerprint density at radius 2 is 2.00 bits per heavy atom. The van der Waals surface area contributed by atoms with E-state index in [0.29, 0.717) is 5.75 Å². The minimum Gasteiger partial charge on any atom is -0.342 e. The van der Waals surface area contributed by atoms with Gasteiger partial charge in [-0.15, -0.1) is 0 Å². The van der Waals surface area contributed by atoms with Crippen LogP contribution in [0.4, 0.5) is 0 Å². The molecule has 3 nitrogen and oxygen atoms in total. The van der Waals surface area contributed by atoms with Gasteiger partial charge in [0.05, 0.1) is 10.8 Å². The number of pyridine rings is 1. The molecule has 2 heterocycles. The SMILES string of the molecule is O=C(CSc1ccccn1)N1CCCCCC1. The molecule has 0 aliphatic carbocycles. The molecule has 1 amide bonds. The summed E-state index contributed by atoms with van der Waals surface area (Å²) in [6.07, 6.45) is 6.59. The van der Waals surface area contributed by atoms with Gasteiger partial charge in [-0.05, 0) is 25.0 Å². The zero-order chi connectivity index (χ0) is 11.9. The molecule has 92 valence electrons. The van der Waals surface area contributed by atoms with E-state index in [4.69, 9.17) is 0 Å². The van der Waals surface area contributed by atoms with Gasteiger partial charge < -0.3 is 4.90 Å². The van der Waals surface area contributed by atoms with Gasteiger partial charge in [-0.1, -0.05) is 30.7 Å². The largest absolute Gasteiger partial charge is 0.342 e. The Bertz CT molecular complexity index is 348. The standard InChI is InChI=1S/C13H18N2OS/c16-13(15-9-5-1-2-6-10-15)11-17-12-7-3-4-8-14-12/h3-4,7-8H,1-2,5-6,9-11H2. The van der Waals surface area contributed by atoms with Crippen molar-refractivity contribution in [3.05, 3.63) is 24.4 Å². The highest BCUT2D eigenvalue weighted by molar-refractivity contribution is 7.99. The normalized spacial score (nSPS) is 16.6. The second-order valence-electron chi connectivity index (χ2n) is 4.25. The summed E-state index contributed by atoms with van der Waals surface area (Å²) in [4.78, 5) is 18.2. The summed E-state index contributed by atoms with van der Waals surface area (Å²) in [6, 6.07) is 5.78. The first kappa shape index (κ1) is 12.4. The number of likely N-dealkylation sites (tertiary alicyclic amines) is 1. The number of nitrogens with zero attached hydrogens (tertiary/aromatic N) is 2. The summed E-state index contributed by atoms with van der Waals surface area (Å²) >= 11 is 1.53. The van der Waals surface area contributed by atoms with Crippen LogP contribution in [0.3, 0.4) is 0 Å². The Kier molecular flexibility index (Phi) is 4.86. The Labute approximate surface area is 107 Å². The molecule has 0 spiro atoms. The first-order chi connectivity index (χ1) is 8.36. The molecule has 1 saturated heterocycles.